The number of nitrogens with zero attached hydrogens (tertiary/aromatic N) is 1. The summed E-state index contributed by atoms with van der Waals surface area (Å²) in [6.07, 6.45) is 0.792. The van der Waals surface area contributed by atoms with Gasteiger partial charge in [0.15, 0.2) is 0 Å². The number of benzene rings is 1. The lowest BCUT2D eigenvalue weighted by molar-refractivity contribution is 0.0362. The van der Waals surface area contributed by atoms with Crippen LogP contribution in [0.4, 0.5) is 0 Å². The number of aliphatic hydroxyl groups excluding tert-OH is 1. The molecule has 1 aliphatic rings. The van der Waals surface area contributed by atoms with E-state index in [-0.39, 0.29) is 18.4 Å². The van der Waals surface area contributed by atoms with Crippen LogP contribution in [0, 0.1) is 5.92 Å². The molecule has 0 saturated carbocycles. The maximum atomic E-state index is 12.1. The van der Waals surface area contributed by atoms with Crippen LogP contribution >= 0.6 is 0 Å². The lowest BCUT2D eigenvalue weighted by Crippen LogP contribution is -2.51. The molecular formula is C13H18N2O2. The quantitative estimate of drug-likeness (QED) is 0.785. The topological polar surface area (TPSA) is 66.6 Å². The maximum absolute atomic E-state index is 12.1. The summed E-state index contributed by atoms with van der Waals surface area (Å²) in [6, 6.07) is 7.61. The smallest absolute Gasteiger partial charge is 0.253 e. The van der Waals surface area contributed by atoms with E-state index in [9.17, 15) is 4.79 Å². The Morgan fingerprint density at radius 1 is 1.47 bits per heavy atom. The zero-order valence-corrected chi connectivity index (χ0v) is 9.80. The molecule has 4 heteroatoms. The summed E-state index contributed by atoms with van der Waals surface area (Å²) in [4.78, 5) is 13.8. The van der Waals surface area contributed by atoms with Crippen LogP contribution in [-0.4, -0.2) is 42.2 Å². The van der Waals surface area contributed by atoms with Gasteiger partial charge in [0.25, 0.3) is 5.91 Å². The van der Waals surface area contributed by atoms with E-state index in [0.29, 0.717) is 25.2 Å². The van der Waals surface area contributed by atoms with E-state index >= 15 is 0 Å². The van der Waals surface area contributed by atoms with Crippen LogP contribution < -0.4 is 5.73 Å². The van der Waals surface area contributed by atoms with Gasteiger partial charge < -0.3 is 15.7 Å². The van der Waals surface area contributed by atoms with E-state index in [1.165, 1.54) is 0 Å². The molecule has 0 bridgehead atoms. The van der Waals surface area contributed by atoms with Crippen LogP contribution in [-0.2, 0) is 6.42 Å². The van der Waals surface area contributed by atoms with E-state index in [4.69, 9.17) is 10.8 Å². The Bertz CT molecular complexity index is 400. The van der Waals surface area contributed by atoms with Crippen molar-refractivity contribution in [1.82, 2.24) is 4.90 Å². The molecule has 4 nitrogen and oxygen atoms in total. The van der Waals surface area contributed by atoms with Gasteiger partial charge in [0.2, 0.25) is 0 Å². The molecule has 17 heavy (non-hydrogen) atoms. The predicted octanol–water partition coefficient (Wildman–Crippen LogP) is 0.252. The number of carbonyl (C=O) groups is 1. The highest BCUT2D eigenvalue weighted by molar-refractivity contribution is 5.94. The fourth-order valence-corrected chi connectivity index (χ4v) is 2.06. The molecule has 0 aromatic heterocycles. The molecule has 0 unspecified atom stereocenters. The minimum atomic E-state index is 0.0496. The normalized spacial score (nSPS) is 15.8. The number of carbonyl (C=O) groups excluding carboxylic acids is 1. The van der Waals surface area contributed by atoms with Crippen LogP contribution in [0.15, 0.2) is 24.3 Å². The van der Waals surface area contributed by atoms with Gasteiger partial charge in [-0.25, -0.2) is 0 Å². The highest BCUT2D eigenvalue weighted by Crippen LogP contribution is 2.18. The van der Waals surface area contributed by atoms with Crippen molar-refractivity contribution in [2.75, 3.05) is 26.2 Å². The first kappa shape index (κ1) is 12.1. The highest BCUT2D eigenvalue weighted by Gasteiger charge is 2.30. The Morgan fingerprint density at radius 2 is 2.24 bits per heavy atom. The second-order valence-electron chi connectivity index (χ2n) is 4.50. The number of hydrogen-bond acceptors (Lipinski definition) is 3. The summed E-state index contributed by atoms with van der Waals surface area (Å²) in [7, 11) is 0. The molecule has 92 valence electrons. The van der Waals surface area contributed by atoms with Crippen LogP contribution in [0.2, 0.25) is 0 Å². The molecule has 1 amide bonds. The van der Waals surface area contributed by atoms with Gasteiger partial charge in [-0.05, 0) is 30.7 Å². The lowest BCUT2D eigenvalue weighted by Gasteiger charge is -2.38. The van der Waals surface area contributed by atoms with Gasteiger partial charge in [0, 0.05) is 31.2 Å². The van der Waals surface area contributed by atoms with Crippen LogP contribution in [0.5, 0.6) is 0 Å². The monoisotopic (exact) mass is 234 g/mol. The molecule has 1 fully saturated rings. The van der Waals surface area contributed by atoms with Crippen molar-refractivity contribution in [2.45, 2.75) is 6.42 Å². The van der Waals surface area contributed by atoms with Crippen LogP contribution in [0.1, 0.15) is 15.9 Å². The molecule has 1 heterocycles. The summed E-state index contributed by atoms with van der Waals surface area (Å²) < 4.78 is 0. The lowest BCUT2D eigenvalue weighted by atomic mass is 9.99. The summed E-state index contributed by atoms with van der Waals surface area (Å²) in [5.74, 6) is 0.305. The SMILES string of the molecule is NCCc1cccc(C(=O)N2CC(CO)C2)c1. The number of amides is 1. The first-order valence-electron chi connectivity index (χ1n) is 5.93. The largest absolute Gasteiger partial charge is 0.396 e. The van der Waals surface area contributed by atoms with E-state index in [2.05, 4.69) is 0 Å². The first-order chi connectivity index (χ1) is 8.24. The molecule has 1 aliphatic heterocycles. The number of likely N-dealkylation sites (tertiary alicyclic amines) is 1. The molecule has 1 aromatic carbocycles. The van der Waals surface area contributed by atoms with Gasteiger partial charge in [-0.3, -0.25) is 4.79 Å². The van der Waals surface area contributed by atoms with E-state index in [0.717, 1.165) is 12.0 Å². The third kappa shape index (κ3) is 2.65. The van der Waals surface area contributed by atoms with Crippen molar-refractivity contribution in [3.63, 3.8) is 0 Å². The molecule has 0 spiro atoms. The van der Waals surface area contributed by atoms with Crippen molar-refractivity contribution in [3.8, 4) is 0 Å². The summed E-state index contributed by atoms with van der Waals surface area (Å²) in [5, 5.41) is 8.92. The average molecular weight is 234 g/mol. The van der Waals surface area contributed by atoms with Crippen molar-refractivity contribution in [1.29, 1.82) is 0 Å². The molecule has 0 radical (unpaired) electrons. The van der Waals surface area contributed by atoms with Gasteiger partial charge in [0.05, 0.1) is 0 Å². The summed E-state index contributed by atoms with van der Waals surface area (Å²) >= 11 is 0. The molecule has 0 atom stereocenters. The molecule has 2 rings (SSSR count). The third-order valence-corrected chi connectivity index (χ3v) is 3.11. The van der Waals surface area contributed by atoms with Gasteiger partial charge in [0.1, 0.15) is 0 Å². The zero-order valence-electron chi connectivity index (χ0n) is 9.80. The van der Waals surface area contributed by atoms with E-state index in [1.807, 2.05) is 24.3 Å². The van der Waals surface area contributed by atoms with Gasteiger partial charge in [-0.1, -0.05) is 12.1 Å². The number of nitrogens with two attached hydrogens (primary N) is 1. The number of aliphatic hydroxyl groups is 1. The molecule has 0 aliphatic carbocycles. The Kier molecular flexibility index (Phi) is 3.76. The standard InChI is InChI=1S/C13H18N2O2/c14-5-4-10-2-1-3-12(6-10)13(17)15-7-11(8-15)9-16/h1-3,6,11,16H,4-5,7-9,14H2. The van der Waals surface area contributed by atoms with Crippen molar-refractivity contribution in [2.24, 2.45) is 11.7 Å². The Hall–Kier alpha value is -1.39. The molecule has 1 saturated heterocycles. The summed E-state index contributed by atoms with van der Waals surface area (Å²) in [6.45, 7) is 2.08. The third-order valence-electron chi connectivity index (χ3n) is 3.11. The molecule has 1 aromatic rings. The number of rotatable bonds is 4. The van der Waals surface area contributed by atoms with E-state index in [1.54, 1.807) is 4.90 Å². The Morgan fingerprint density at radius 3 is 2.88 bits per heavy atom. The average Bonchev–Trinajstić information content (AvgIpc) is 2.28. The van der Waals surface area contributed by atoms with Crippen molar-refractivity contribution >= 4 is 5.91 Å². The maximum Gasteiger partial charge on any atom is 0.253 e. The van der Waals surface area contributed by atoms with Crippen molar-refractivity contribution in [3.05, 3.63) is 35.4 Å². The fourth-order valence-electron chi connectivity index (χ4n) is 2.06. The Balaban J connectivity index is 2.02. The van der Waals surface area contributed by atoms with Gasteiger partial charge >= 0.3 is 0 Å². The summed E-state index contributed by atoms with van der Waals surface area (Å²) in [5.41, 5.74) is 7.31. The Labute approximate surface area is 101 Å². The number of hydrogen-bond donors (Lipinski definition) is 2. The van der Waals surface area contributed by atoms with E-state index < -0.39 is 0 Å². The molecular weight excluding hydrogens is 216 g/mol. The highest BCUT2D eigenvalue weighted by atomic mass is 16.3. The fraction of sp³-hybridized carbons (Fsp3) is 0.462. The molecule has 3 N–H and O–H groups in total. The van der Waals surface area contributed by atoms with Crippen molar-refractivity contribution < 1.29 is 9.90 Å². The second-order valence-corrected chi connectivity index (χ2v) is 4.50. The van der Waals surface area contributed by atoms with Crippen LogP contribution in [0.25, 0.3) is 0 Å². The first-order valence-corrected chi connectivity index (χ1v) is 5.93. The zero-order chi connectivity index (χ0) is 12.3. The van der Waals surface area contributed by atoms with Gasteiger partial charge in [-0.15, -0.1) is 0 Å². The van der Waals surface area contributed by atoms with Gasteiger partial charge in [-0.2, -0.15) is 0 Å². The second kappa shape index (κ2) is 5.29. The minimum Gasteiger partial charge on any atom is -0.396 e. The minimum absolute atomic E-state index is 0.0496. The van der Waals surface area contributed by atoms with Crippen LogP contribution in [0.3, 0.4) is 0 Å². The predicted molar refractivity (Wildman–Crippen MR) is 65.7 cm³/mol.